The van der Waals surface area contributed by atoms with Crippen molar-refractivity contribution in [1.82, 2.24) is 15.5 Å². The molecule has 0 aromatic carbocycles. The number of aliphatic carboxylic acids is 1. The molecular formula is C18H31N5O6S. The number of nitrogens with two attached hydrogens (primary N) is 2. The summed E-state index contributed by atoms with van der Waals surface area (Å²) in [7, 11) is 0. The van der Waals surface area contributed by atoms with Crippen LogP contribution in [0.5, 0.6) is 0 Å². The van der Waals surface area contributed by atoms with Gasteiger partial charge in [-0.3, -0.25) is 19.2 Å². The lowest BCUT2D eigenvalue weighted by Gasteiger charge is -2.28. The highest BCUT2D eigenvalue weighted by Gasteiger charge is 2.38. The summed E-state index contributed by atoms with van der Waals surface area (Å²) < 4.78 is 0. The van der Waals surface area contributed by atoms with Gasteiger partial charge in [0.25, 0.3) is 0 Å². The highest BCUT2D eigenvalue weighted by molar-refractivity contribution is 7.80. The number of nitrogens with zero attached hydrogens (tertiary/aromatic N) is 1. The van der Waals surface area contributed by atoms with Gasteiger partial charge in [-0.25, -0.2) is 4.79 Å². The summed E-state index contributed by atoms with van der Waals surface area (Å²) in [6.07, 6.45) is 0.821. The van der Waals surface area contributed by atoms with Gasteiger partial charge in [0.2, 0.25) is 23.6 Å². The van der Waals surface area contributed by atoms with Crippen LogP contribution in [0, 0.1) is 5.92 Å². The number of amides is 4. The third kappa shape index (κ3) is 7.48. The van der Waals surface area contributed by atoms with E-state index in [-0.39, 0.29) is 31.1 Å². The Hall–Kier alpha value is -2.34. The molecule has 0 aliphatic carbocycles. The van der Waals surface area contributed by atoms with Crippen LogP contribution >= 0.6 is 12.6 Å². The lowest BCUT2D eigenvalue weighted by atomic mass is 10.0. The monoisotopic (exact) mass is 445 g/mol. The van der Waals surface area contributed by atoms with Crippen LogP contribution in [0.4, 0.5) is 0 Å². The summed E-state index contributed by atoms with van der Waals surface area (Å²) in [6, 6.07) is -4.16. The minimum absolute atomic E-state index is 0.0399. The molecule has 1 rings (SSSR count). The van der Waals surface area contributed by atoms with Crippen molar-refractivity contribution in [2.45, 2.75) is 63.7 Å². The van der Waals surface area contributed by atoms with E-state index in [9.17, 15) is 29.1 Å². The molecule has 30 heavy (non-hydrogen) atoms. The smallest absolute Gasteiger partial charge is 0.326 e. The van der Waals surface area contributed by atoms with Crippen LogP contribution < -0.4 is 22.1 Å². The van der Waals surface area contributed by atoms with Crippen molar-refractivity contribution in [1.29, 1.82) is 0 Å². The molecule has 1 saturated heterocycles. The van der Waals surface area contributed by atoms with Crippen LogP contribution in [-0.4, -0.2) is 76.1 Å². The van der Waals surface area contributed by atoms with Gasteiger partial charge in [-0.1, -0.05) is 13.8 Å². The van der Waals surface area contributed by atoms with Gasteiger partial charge in [-0.05, 0) is 25.2 Å². The molecule has 0 saturated carbocycles. The molecule has 1 heterocycles. The Kier molecular flexibility index (Phi) is 10.1. The minimum Gasteiger partial charge on any atom is -0.480 e. The molecule has 12 heteroatoms. The van der Waals surface area contributed by atoms with Gasteiger partial charge in [0.05, 0.1) is 12.5 Å². The average molecular weight is 446 g/mol. The largest absolute Gasteiger partial charge is 0.480 e. The van der Waals surface area contributed by atoms with E-state index in [2.05, 4.69) is 23.3 Å². The predicted octanol–water partition coefficient (Wildman–Crippen LogP) is -1.79. The van der Waals surface area contributed by atoms with Crippen molar-refractivity contribution in [2.75, 3.05) is 12.3 Å². The van der Waals surface area contributed by atoms with Crippen molar-refractivity contribution in [3.63, 3.8) is 0 Å². The van der Waals surface area contributed by atoms with Crippen LogP contribution in [0.2, 0.25) is 0 Å². The van der Waals surface area contributed by atoms with Crippen molar-refractivity contribution in [2.24, 2.45) is 17.4 Å². The first-order valence-corrected chi connectivity index (χ1v) is 10.4. The van der Waals surface area contributed by atoms with Gasteiger partial charge < -0.3 is 32.1 Å². The molecule has 0 aromatic rings. The summed E-state index contributed by atoms with van der Waals surface area (Å²) >= 11 is 4.07. The van der Waals surface area contributed by atoms with Crippen LogP contribution in [0.15, 0.2) is 0 Å². The van der Waals surface area contributed by atoms with Gasteiger partial charge in [-0.2, -0.15) is 12.6 Å². The lowest BCUT2D eigenvalue weighted by molar-refractivity contribution is -0.143. The number of hydrogen-bond acceptors (Lipinski definition) is 7. The van der Waals surface area contributed by atoms with E-state index in [1.807, 2.05) is 13.8 Å². The van der Waals surface area contributed by atoms with E-state index in [4.69, 9.17) is 11.5 Å². The number of hydrogen-bond donors (Lipinski definition) is 6. The average Bonchev–Trinajstić information content (AvgIpc) is 3.13. The van der Waals surface area contributed by atoms with E-state index < -0.39 is 53.8 Å². The first kappa shape index (κ1) is 25.7. The number of carbonyl (C=O) groups is 5. The first-order valence-electron chi connectivity index (χ1n) is 9.76. The van der Waals surface area contributed by atoms with Crippen molar-refractivity contribution in [3.8, 4) is 0 Å². The molecule has 0 spiro atoms. The molecule has 0 radical (unpaired) electrons. The summed E-state index contributed by atoms with van der Waals surface area (Å²) in [5.41, 5.74) is 10.8. The fourth-order valence-electron chi connectivity index (χ4n) is 3.25. The molecule has 0 aromatic heterocycles. The zero-order valence-electron chi connectivity index (χ0n) is 17.2. The van der Waals surface area contributed by atoms with Crippen molar-refractivity contribution < 1.29 is 29.1 Å². The molecule has 1 fully saturated rings. The lowest BCUT2D eigenvalue weighted by Crippen LogP contribution is -2.57. The van der Waals surface area contributed by atoms with Crippen LogP contribution in [0.25, 0.3) is 0 Å². The minimum atomic E-state index is -1.17. The van der Waals surface area contributed by atoms with Gasteiger partial charge in [-0.15, -0.1) is 0 Å². The SMILES string of the molecule is CC(C)CC(NC(=O)C(CS)NC(=O)C1CCCN1C(=O)C(N)CC(N)=O)C(=O)O. The molecule has 11 nitrogen and oxygen atoms in total. The molecular weight excluding hydrogens is 414 g/mol. The number of likely N-dealkylation sites (tertiary alicyclic amines) is 1. The molecule has 170 valence electrons. The van der Waals surface area contributed by atoms with Gasteiger partial charge in [0.1, 0.15) is 18.1 Å². The molecule has 1 aliphatic rings. The second-order valence-corrected chi connectivity index (χ2v) is 8.10. The number of carboxylic acids is 1. The fraction of sp³-hybridized carbons (Fsp3) is 0.722. The molecule has 4 atom stereocenters. The van der Waals surface area contributed by atoms with Crippen LogP contribution in [0.3, 0.4) is 0 Å². The number of primary amides is 1. The second-order valence-electron chi connectivity index (χ2n) is 7.74. The Morgan fingerprint density at radius 1 is 1.17 bits per heavy atom. The molecule has 1 aliphatic heterocycles. The Morgan fingerprint density at radius 3 is 2.30 bits per heavy atom. The maximum atomic E-state index is 12.7. The Bertz CT molecular complexity index is 673. The van der Waals surface area contributed by atoms with Crippen LogP contribution in [0.1, 0.15) is 39.5 Å². The number of thiol groups is 1. The van der Waals surface area contributed by atoms with E-state index in [1.165, 1.54) is 4.90 Å². The van der Waals surface area contributed by atoms with Crippen molar-refractivity contribution >= 4 is 42.2 Å². The second kappa shape index (κ2) is 11.7. The summed E-state index contributed by atoms with van der Waals surface area (Å²) in [5.74, 6) is -3.73. The van der Waals surface area contributed by atoms with E-state index in [0.717, 1.165) is 0 Å². The van der Waals surface area contributed by atoms with Gasteiger partial charge in [0, 0.05) is 12.3 Å². The topological polar surface area (TPSA) is 185 Å². The zero-order chi connectivity index (χ0) is 23.0. The van der Waals surface area contributed by atoms with E-state index in [1.54, 1.807) is 0 Å². The number of carboxylic acid groups (broad SMARTS) is 1. The molecule has 4 amide bonds. The fourth-order valence-corrected chi connectivity index (χ4v) is 3.50. The summed E-state index contributed by atoms with van der Waals surface area (Å²) in [5, 5.41) is 14.2. The predicted molar refractivity (Wildman–Crippen MR) is 111 cm³/mol. The third-order valence-electron chi connectivity index (χ3n) is 4.71. The number of carbonyl (C=O) groups excluding carboxylic acids is 4. The molecule has 7 N–H and O–H groups in total. The van der Waals surface area contributed by atoms with E-state index in [0.29, 0.717) is 12.8 Å². The van der Waals surface area contributed by atoms with Crippen LogP contribution in [-0.2, 0) is 24.0 Å². The van der Waals surface area contributed by atoms with E-state index >= 15 is 0 Å². The summed E-state index contributed by atoms with van der Waals surface area (Å²) in [6.45, 7) is 3.94. The van der Waals surface area contributed by atoms with Crippen molar-refractivity contribution in [3.05, 3.63) is 0 Å². The maximum absolute atomic E-state index is 12.7. The first-order chi connectivity index (χ1) is 14.0. The maximum Gasteiger partial charge on any atom is 0.326 e. The Balaban J connectivity index is 2.79. The summed E-state index contributed by atoms with van der Waals surface area (Å²) in [4.78, 5) is 61.3. The normalized spacial score (nSPS) is 19.1. The Morgan fingerprint density at radius 2 is 1.80 bits per heavy atom. The quantitative estimate of drug-likeness (QED) is 0.203. The highest BCUT2D eigenvalue weighted by atomic mass is 32.1. The highest BCUT2D eigenvalue weighted by Crippen LogP contribution is 2.19. The number of nitrogens with one attached hydrogen (secondary N) is 2. The third-order valence-corrected chi connectivity index (χ3v) is 5.08. The zero-order valence-corrected chi connectivity index (χ0v) is 18.1. The Labute approximate surface area is 180 Å². The standard InChI is InChI=1S/C18H31N5O6S/c1-9(2)6-11(18(28)29)21-15(25)12(8-30)22-16(26)13-4-3-5-23(13)17(27)10(19)7-14(20)24/h9-13,30H,3-8,19H2,1-2H3,(H2,20,24)(H,21,25)(H,22,26)(H,28,29). The molecule has 4 unspecified atom stereocenters. The number of rotatable bonds is 11. The van der Waals surface area contributed by atoms with Gasteiger partial charge >= 0.3 is 5.97 Å². The molecule has 0 bridgehead atoms. The van der Waals surface area contributed by atoms with Gasteiger partial charge in [0.15, 0.2) is 0 Å².